The molecular formula is C18H24N4O3. The number of amides is 1. The molecule has 1 N–H and O–H groups in total. The zero-order valence-corrected chi connectivity index (χ0v) is 15.2. The molecule has 1 atom stereocenters. The van der Waals surface area contributed by atoms with Crippen LogP contribution in [0.15, 0.2) is 35.4 Å². The number of nitrogens with one attached hydrogen (secondary N) is 1. The predicted molar refractivity (Wildman–Crippen MR) is 97.4 cm³/mol. The number of hydrogen-bond donors (Lipinski definition) is 1. The maximum Gasteiger partial charge on any atom is 0.263 e. The Bertz CT molecular complexity index is 814. The lowest BCUT2D eigenvalue weighted by molar-refractivity contribution is 0.102. The van der Waals surface area contributed by atoms with E-state index < -0.39 is 5.91 Å². The first kappa shape index (κ1) is 18.7. The fourth-order valence-electron chi connectivity index (χ4n) is 2.67. The Balaban J connectivity index is 2.34. The third-order valence-corrected chi connectivity index (χ3v) is 3.86. The number of pyridine rings is 2. The summed E-state index contributed by atoms with van der Waals surface area (Å²) >= 11 is 0. The largest absolute Gasteiger partial charge is 0.481 e. The molecule has 0 spiro atoms. The number of ether oxygens (including phenoxy) is 1. The topological polar surface area (TPSA) is 76.5 Å². The summed E-state index contributed by atoms with van der Waals surface area (Å²) in [5.74, 6) is -0.0539. The van der Waals surface area contributed by atoms with Gasteiger partial charge in [0.25, 0.3) is 11.5 Å². The molecule has 0 aliphatic heterocycles. The quantitative estimate of drug-likeness (QED) is 0.866. The Kier molecular flexibility index (Phi) is 5.93. The van der Waals surface area contributed by atoms with Crippen molar-refractivity contribution < 1.29 is 9.53 Å². The number of nitrogens with zero attached hydrogens (tertiary/aromatic N) is 3. The van der Waals surface area contributed by atoms with Gasteiger partial charge in [-0.15, -0.1) is 0 Å². The molecule has 0 aromatic carbocycles. The number of likely N-dealkylation sites (N-methyl/N-ethyl adjacent to an activating group) is 1. The Labute approximate surface area is 147 Å². The monoisotopic (exact) mass is 344 g/mol. The molecule has 0 bridgehead atoms. The van der Waals surface area contributed by atoms with Crippen molar-refractivity contribution in [2.75, 3.05) is 33.1 Å². The van der Waals surface area contributed by atoms with E-state index >= 15 is 0 Å². The smallest absolute Gasteiger partial charge is 0.263 e. The SMILES string of the molecule is COc1cc(NC(=O)c2c(C)ccn(C(C)CN(C)C)c2=O)ccn1. The van der Waals surface area contributed by atoms with E-state index in [4.69, 9.17) is 4.74 Å². The van der Waals surface area contributed by atoms with Gasteiger partial charge < -0.3 is 19.5 Å². The average molecular weight is 344 g/mol. The molecule has 2 heterocycles. The summed E-state index contributed by atoms with van der Waals surface area (Å²) in [4.78, 5) is 31.5. The van der Waals surface area contributed by atoms with Crippen molar-refractivity contribution >= 4 is 11.6 Å². The highest BCUT2D eigenvalue weighted by atomic mass is 16.5. The number of aromatic nitrogens is 2. The van der Waals surface area contributed by atoms with Crippen LogP contribution in [-0.4, -0.2) is 48.1 Å². The van der Waals surface area contributed by atoms with Gasteiger partial charge >= 0.3 is 0 Å². The number of hydrogen-bond acceptors (Lipinski definition) is 5. The van der Waals surface area contributed by atoms with Crippen molar-refractivity contribution in [3.63, 3.8) is 0 Å². The van der Waals surface area contributed by atoms with E-state index in [1.165, 1.54) is 13.3 Å². The first-order valence-electron chi connectivity index (χ1n) is 8.01. The van der Waals surface area contributed by atoms with Gasteiger partial charge in [0.05, 0.1) is 7.11 Å². The van der Waals surface area contributed by atoms with Crippen molar-refractivity contribution in [1.82, 2.24) is 14.5 Å². The maximum atomic E-state index is 12.8. The van der Waals surface area contributed by atoms with Gasteiger partial charge in [-0.3, -0.25) is 9.59 Å². The minimum absolute atomic E-state index is 0.0457. The molecule has 0 radical (unpaired) electrons. The summed E-state index contributed by atoms with van der Waals surface area (Å²) in [6, 6.07) is 4.99. The van der Waals surface area contributed by atoms with Crippen LogP contribution < -0.4 is 15.6 Å². The molecule has 0 fully saturated rings. The van der Waals surface area contributed by atoms with Crippen molar-refractivity contribution in [3.05, 3.63) is 52.1 Å². The molecule has 2 aromatic heterocycles. The van der Waals surface area contributed by atoms with Crippen molar-refractivity contribution in [1.29, 1.82) is 0 Å². The van der Waals surface area contributed by atoms with E-state index in [0.717, 1.165) is 0 Å². The third-order valence-electron chi connectivity index (χ3n) is 3.86. The van der Waals surface area contributed by atoms with Gasteiger partial charge in [0.15, 0.2) is 0 Å². The Morgan fingerprint density at radius 1 is 1.40 bits per heavy atom. The van der Waals surface area contributed by atoms with Crippen LogP contribution in [0.4, 0.5) is 5.69 Å². The molecular weight excluding hydrogens is 320 g/mol. The van der Waals surface area contributed by atoms with E-state index in [9.17, 15) is 9.59 Å². The lowest BCUT2D eigenvalue weighted by Gasteiger charge is -2.20. The Morgan fingerprint density at radius 2 is 2.12 bits per heavy atom. The summed E-state index contributed by atoms with van der Waals surface area (Å²) in [6.45, 7) is 4.40. The second-order valence-electron chi connectivity index (χ2n) is 6.24. The molecule has 2 rings (SSSR count). The minimum atomic E-state index is -0.442. The third kappa shape index (κ3) is 4.45. The lowest BCUT2D eigenvalue weighted by atomic mass is 10.1. The van der Waals surface area contributed by atoms with Crippen LogP contribution in [0.25, 0.3) is 0 Å². The fourth-order valence-corrected chi connectivity index (χ4v) is 2.67. The van der Waals surface area contributed by atoms with Crippen LogP contribution in [0.2, 0.25) is 0 Å². The van der Waals surface area contributed by atoms with Gasteiger partial charge in [0, 0.05) is 36.7 Å². The van der Waals surface area contributed by atoms with E-state index in [2.05, 4.69) is 10.3 Å². The summed E-state index contributed by atoms with van der Waals surface area (Å²) in [5, 5.41) is 2.74. The van der Waals surface area contributed by atoms with Crippen LogP contribution in [0.5, 0.6) is 5.88 Å². The van der Waals surface area contributed by atoms with E-state index in [1.54, 1.807) is 35.9 Å². The second kappa shape index (κ2) is 7.94. The Hall–Kier alpha value is -2.67. The van der Waals surface area contributed by atoms with E-state index in [0.29, 0.717) is 23.7 Å². The molecule has 134 valence electrons. The number of aryl methyl sites for hydroxylation is 1. The van der Waals surface area contributed by atoms with Crippen LogP contribution in [0.3, 0.4) is 0 Å². The second-order valence-corrected chi connectivity index (χ2v) is 6.24. The molecule has 7 heteroatoms. The van der Waals surface area contributed by atoms with Crippen LogP contribution in [-0.2, 0) is 0 Å². The maximum absolute atomic E-state index is 12.8. The normalized spacial score (nSPS) is 12.1. The van der Waals surface area contributed by atoms with Crippen LogP contribution in [0, 0.1) is 6.92 Å². The van der Waals surface area contributed by atoms with Gasteiger partial charge in [-0.1, -0.05) is 0 Å². The molecule has 1 amide bonds. The minimum Gasteiger partial charge on any atom is -0.481 e. The highest BCUT2D eigenvalue weighted by Gasteiger charge is 2.18. The molecule has 2 aromatic rings. The standard InChI is InChI=1S/C18H24N4O3/c1-12-7-9-22(13(2)11-21(3)4)18(24)16(12)17(23)20-14-6-8-19-15(10-14)25-5/h6-10,13H,11H2,1-5H3,(H,19,20,23). The first-order valence-corrected chi connectivity index (χ1v) is 8.01. The van der Waals surface area contributed by atoms with E-state index in [-0.39, 0.29) is 17.2 Å². The highest BCUT2D eigenvalue weighted by molar-refractivity contribution is 6.05. The molecule has 1 unspecified atom stereocenters. The number of anilines is 1. The molecule has 0 aliphatic carbocycles. The van der Waals surface area contributed by atoms with E-state index in [1.807, 2.05) is 25.9 Å². The highest BCUT2D eigenvalue weighted by Crippen LogP contribution is 2.15. The van der Waals surface area contributed by atoms with Crippen molar-refractivity contribution in [2.24, 2.45) is 0 Å². The van der Waals surface area contributed by atoms with Gasteiger partial charge in [-0.25, -0.2) is 4.98 Å². The molecule has 0 saturated carbocycles. The summed E-state index contributed by atoms with van der Waals surface area (Å²) in [7, 11) is 5.39. The molecule has 25 heavy (non-hydrogen) atoms. The first-order chi connectivity index (χ1) is 11.8. The van der Waals surface area contributed by atoms with Crippen molar-refractivity contribution in [3.8, 4) is 5.88 Å². The van der Waals surface area contributed by atoms with Crippen LogP contribution >= 0.6 is 0 Å². The molecule has 0 aliphatic rings. The number of methoxy groups -OCH3 is 1. The summed E-state index contributed by atoms with van der Waals surface area (Å²) < 4.78 is 6.64. The molecule has 0 saturated heterocycles. The lowest BCUT2D eigenvalue weighted by Crippen LogP contribution is -2.34. The van der Waals surface area contributed by atoms with Gasteiger partial charge in [0.2, 0.25) is 5.88 Å². The van der Waals surface area contributed by atoms with Crippen LogP contribution in [0.1, 0.15) is 28.9 Å². The van der Waals surface area contributed by atoms with Crippen molar-refractivity contribution in [2.45, 2.75) is 19.9 Å². The zero-order chi connectivity index (χ0) is 18.6. The average Bonchev–Trinajstić information content (AvgIpc) is 2.54. The zero-order valence-electron chi connectivity index (χ0n) is 15.2. The molecule has 7 nitrogen and oxygen atoms in total. The van der Waals surface area contributed by atoms with Gasteiger partial charge in [0.1, 0.15) is 5.56 Å². The van der Waals surface area contributed by atoms with Gasteiger partial charge in [-0.2, -0.15) is 0 Å². The summed E-state index contributed by atoms with van der Waals surface area (Å²) in [6.07, 6.45) is 3.27. The number of rotatable bonds is 6. The number of carbonyl (C=O) groups is 1. The predicted octanol–water partition coefficient (Wildman–Crippen LogP) is 1.94. The number of carbonyl (C=O) groups excluding carboxylic acids is 1. The fraction of sp³-hybridized carbons (Fsp3) is 0.389. The Morgan fingerprint density at radius 3 is 2.76 bits per heavy atom. The van der Waals surface area contributed by atoms with Gasteiger partial charge in [-0.05, 0) is 45.6 Å². The summed E-state index contributed by atoms with van der Waals surface area (Å²) in [5.41, 5.74) is 1.00.